The predicted molar refractivity (Wildman–Crippen MR) is 189 cm³/mol. The van der Waals surface area contributed by atoms with Crippen LogP contribution in [0.1, 0.15) is 132 Å². The zero-order valence-corrected chi connectivity index (χ0v) is 29.1. The van der Waals surface area contributed by atoms with Crippen LogP contribution in [0.2, 0.25) is 0 Å². The first-order valence-electron chi connectivity index (χ1n) is 18.1. The first-order chi connectivity index (χ1) is 23.2. The van der Waals surface area contributed by atoms with Gasteiger partial charge in [0.2, 0.25) is 0 Å². The molecule has 9 nitrogen and oxygen atoms in total. The van der Waals surface area contributed by atoms with E-state index in [2.05, 4.69) is 16.8 Å². The number of guanidine groups is 1. The van der Waals surface area contributed by atoms with E-state index in [9.17, 15) is 19.8 Å². The van der Waals surface area contributed by atoms with Gasteiger partial charge in [-0.3, -0.25) is 4.79 Å². The molecule has 0 aliphatic heterocycles. The van der Waals surface area contributed by atoms with E-state index in [0.29, 0.717) is 67.9 Å². The largest absolute Gasteiger partial charge is 0.504 e. The van der Waals surface area contributed by atoms with Crippen LogP contribution in [0.5, 0.6) is 11.5 Å². The van der Waals surface area contributed by atoms with Crippen molar-refractivity contribution in [2.75, 3.05) is 20.3 Å². The molecule has 0 spiro atoms. The monoisotopic (exact) mass is 663 g/mol. The van der Waals surface area contributed by atoms with Gasteiger partial charge in [0.05, 0.1) is 18.8 Å². The zero-order valence-electron chi connectivity index (χ0n) is 29.1. The normalized spacial score (nSPS) is 22.1. The summed E-state index contributed by atoms with van der Waals surface area (Å²) >= 11 is 0. The van der Waals surface area contributed by atoms with Gasteiger partial charge in [0.1, 0.15) is 5.78 Å². The Morgan fingerprint density at radius 2 is 1.75 bits per heavy atom. The molecule has 2 saturated carbocycles. The van der Waals surface area contributed by atoms with Crippen LogP contribution in [-0.4, -0.2) is 60.2 Å². The van der Waals surface area contributed by atoms with Gasteiger partial charge in [-0.25, -0.2) is 4.99 Å². The average molecular weight is 664 g/mol. The smallest absolute Gasteiger partial charge is 0.186 e. The fourth-order valence-electron chi connectivity index (χ4n) is 7.82. The molecule has 48 heavy (non-hydrogen) atoms. The highest BCUT2D eigenvalue weighted by molar-refractivity contribution is 5.90. The lowest BCUT2D eigenvalue weighted by Gasteiger charge is -2.31. The molecule has 6 N–H and O–H groups in total. The fraction of sp³-hybridized carbons (Fsp3) is 0.667. The number of aromatic hydroxyl groups is 1. The molecule has 0 radical (unpaired) electrons. The standard InChI is InChI=1S/C39H57N3O6/c1-26(44)14-21-35-30(25-47-2)17-19-31(42-39(40)41)10-7-13-34-29(23-36(38(46)37(34)35)48-33-11-5-6-12-33)18-20-32(45)22-28(24-43)16-15-27-8-3-4-9-27/h22-23,27,30-31,33,35,43,46H,3-6,8-12,14-21,24-25H2,1-2H3,(H4,40,41,42). The second-order valence-electron chi connectivity index (χ2n) is 14.2. The van der Waals surface area contributed by atoms with Crippen molar-refractivity contribution in [3.05, 3.63) is 34.4 Å². The number of hydrogen-bond acceptors (Lipinski definition) is 7. The number of carbonyl (C=O) groups is 2. The van der Waals surface area contributed by atoms with Crippen LogP contribution < -0.4 is 16.2 Å². The number of methoxy groups -OCH3 is 1. The maximum atomic E-state index is 13.3. The van der Waals surface area contributed by atoms with Gasteiger partial charge in [0, 0.05) is 44.1 Å². The minimum absolute atomic E-state index is 0.00902. The number of ketones is 2. The lowest BCUT2D eigenvalue weighted by atomic mass is 9.75. The van der Waals surface area contributed by atoms with Gasteiger partial charge in [-0.15, -0.1) is 0 Å². The second kappa shape index (κ2) is 19.0. The number of aliphatic hydroxyl groups excluding tert-OH is 1. The Bertz CT molecular complexity index is 1360. The number of aliphatic imine (C=N–C) groups is 1. The van der Waals surface area contributed by atoms with Crippen LogP contribution in [-0.2, 0) is 20.7 Å². The molecule has 4 rings (SSSR count). The molecule has 0 heterocycles. The summed E-state index contributed by atoms with van der Waals surface area (Å²) in [6, 6.07) is 1.66. The molecular weight excluding hydrogens is 606 g/mol. The number of phenols is 1. The van der Waals surface area contributed by atoms with E-state index in [1.165, 1.54) is 25.7 Å². The molecule has 3 aliphatic carbocycles. The number of rotatable bonds is 16. The van der Waals surface area contributed by atoms with E-state index in [0.717, 1.165) is 49.7 Å². The van der Waals surface area contributed by atoms with E-state index >= 15 is 0 Å². The minimum Gasteiger partial charge on any atom is -0.504 e. The molecule has 1 aromatic carbocycles. The molecule has 264 valence electrons. The molecule has 2 fully saturated rings. The van der Waals surface area contributed by atoms with Gasteiger partial charge in [-0.1, -0.05) is 37.5 Å². The third-order valence-electron chi connectivity index (χ3n) is 10.4. The van der Waals surface area contributed by atoms with Crippen molar-refractivity contribution in [1.82, 2.24) is 0 Å². The van der Waals surface area contributed by atoms with Gasteiger partial charge >= 0.3 is 0 Å². The van der Waals surface area contributed by atoms with E-state index in [-0.39, 0.29) is 60.3 Å². The van der Waals surface area contributed by atoms with Gasteiger partial charge in [-0.05, 0) is 112 Å². The van der Waals surface area contributed by atoms with Crippen LogP contribution in [0.15, 0.2) is 22.7 Å². The number of ether oxygens (including phenoxy) is 2. The number of aryl methyl sites for hydroxylation is 1. The number of carbonyl (C=O) groups excluding carboxylic acids is 2. The second-order valence-corrected chi connectivity index (χ2v) is 14.2. The number of hydrogen-bond donors (Lipinski definition) is 4. The van der Waals surface area contributed by atoms with Crippen LogP contribution in [0.4, 0.5) is 0 Å². The van der Waals surface area contributed by atoms with Crippen LogP contribution in [0.3, 0.4) is 0 Å². The summed E-state index contributed by atoms with van der Waals surface area (Å²) in [6.45, 7) is 1.88. The Hall–Kier alpha value is -3.35. The summed E-state index contributed by atoms with van der Waals surface area (Å²) in [5.41, 5.74) is 14.5. The quantitative estimate of drug-likeness (QED) is 0.0726. The number of fused-ring (bicyclic) bond motifs is 1. The van der Waals surface area contributed by atoms with E-state index in [4.69, 9.17) is 20.9 Å². The fourth-order valence-corrected chi connectivity index (χ4v) is 7.82. The maximum Gasteiger partial charge on any atom is 0.186 e. The molecule has 3 unspecified atom stereocenters. The average Bonchev–Trinajstić information content (AvgIpc) is 3.77. The topological polar surface area (TPSA) is 157 Å². The molecule has 0 saturated heterocycles. The Morgan fingerprint density at radius 1 is 1.02 bits per heavy atom. The van der Waals surface area contributed by atoms with Crippen LogP contribution in [0.25, 0.3) is 0 Å². The third kappa shape index (κ3) is 11.1. The lowest BCUT2D eigenvalue weighted by molar-refractivity contribution is -0.117. The molecular formula is C39H57N3O6. The number of phenolic OH excluding ortho intramolecular Hbond substituents is 1. The number of nitrogens with two attached hydrogens (primary N) is 2. The van der Waals surface area contributed by atoms with E-state index in [1.807, 2.05) is 6.07 Å². The predicted octanol–water partition coefficient (Wildman–Crippen LogP) is 6.00. The Morgan fingerprint density at radius 3 is 2.42 bits per heavy atom. The minimum atomic E-state index is -0.255. The first-order valence-corrected chi connectivity index (χ1v) is 18.1. The number of aliphatic hydroxyl groups is 1. The van der Waals surface area contributed by atoms with Crippen molar-refractivity contribution < 1.29 is 29.3 Å². The zero-order chi connectivity index (χ0) is 34.5. The summed E-state index contributed by atoms with van der Waals surface area (Å²) in [6.07, 6.45) is 15.7. The summed E-state index contributed by atoms with van der Waals surface area (Å²) in [5.74, 6) is 7.53. The van der Waals surface area contributed by atoms with Gasteiger partial charge < -0.3 is 35.9 Å². The maximum absolute atomic E-state index is 13.3. The van der Waals surface area contributed by atoms with Crippen LogP contribution >= 0.6 is 0 Å². The van der Waals surface area contributed by atoms with Gasteiger partial charge in [0.25, 0.3) is 0 Å². The van der Waals surface area contributed by atoms with Crippen molar-refractivity contribution in [3.8, 4) is 23.3 Å². The SMILES string of the molecule is COCC1CCC(N=C(N)N)CC#Cc2c(CCC(=O)C=C(CO)CCC3CCCC3)cc(OC3CCCC3)c(O)c2C1CCC(C)=O. The summed E-state index contributed by atoms with van der Waals surface area (Å²) in [4.78, 5) is 30.1. The Labute approximate surface area is 286 Å². The highest BCUT2D eigenvalue weighted by Crippen LogP contribution is 2.46. The van der Waals surface area contributed by atoms with Crippen molar-refractivity contribution in [1.29, 1.82) is 0 Å². The number of benzene rings is 1. The molecule has 9 heteroatoms. The van der Waals surface area contributed by atoms with Crippen molar-refractivity contribution >= 4 is 17.5 Å². The molecule has 0 bridgehead atoms. The third-order valence-corrected chi connectivity index (χ3v) is 10.4. The Kier molecular flexibility index (Phi) is 14.8. The van der Waals surface area contributed by atoms with Crippen LogP contribution in [0, 0.1) is 23.7 Å². The molecule has 3 atom stereocenters. The van der Waals surface area contributed by atoms with Crippen molar-refractivity contribution in [2.24, 2.45) is 28.3 Å². The first kappa shape index (κ1) is 37.5. The molecule has 3 aliphatic rings. The van der Waals surface area contributed by atoms with Gasteiger partial charge in [0.15, 0.2) is 23.2 Å². The number of Topliss-reactive ketones (excluding diaryl/α,β-unsaturated/α-hetero) is 1. The van der Waals surface area contributed by atoms with Crippen molar-refractivity contribution in [2.45, 2.75) is 134 Å². The number of allylic oxidation sites excluding steroid dienone is 1. The highest BCUT2D eigenvalue weighted by atomic mass is 16.5. The summed E-state index contributed by atoms with van der Waals surface area (Å²) in [5, 5.41) is 22.0. The summed E-state index contributed by atoms with van der Waals surface area (Å²) < 4.78 is 12.2. The molecule has 1 aromatic rings. The highest BCUT2D eigenvalue weighted by Gasteiger charge is 2.33. The van der Waals surface area contributed by atoms with Crippen molar-refractivity contribution in [3.63, 3.8) is 0 Å². The van der Waals surface area contributed by atoms with E-state index in [1.54, 1.807) is 20.1 Å². The summed E-state index contributed by atoms with van der Waals surface area (Å²) in [7, 11) is 1.66. The molecule has 0 amide bonds. The Balaban J connectivity index is 1.75. The van der Waals surface area contributed by atoms with E-state index < -0.39 is 0 Å². The number of nitrogens with zero attached hydrogens (tertiary/aromatic N) is 1. The van der Waals surface area contributed by atoms with Gasteiger partial charge in [-0.2, -0.15) is 0 Å². The lowest BCUT2D eigenvalue weighted by Crippen LogP contribution is -2.27. The molecule has 0 aromatic heterocycles.